The lowest BCUT2D eigenvalue weighted by Crippen LogP contribution is -2.35. The van der Waals surface area contributed by atoms with E-state index in [-0.39, 0.29) is 31.4 Å². The van der Waals surface area contributed by atoms with E-state index in [1.54, 1.807) is 17.0 Å². The average molecular weight is 366 g/mol. The first kappa shape index (κ1) is 18.6. The quantitative estimate of drug-likeness (QED) is 0.629. The number of para-hydroxylation sites is 1. The van der Waals surface area contributed by atoms with Crippen molar-refractivity contribution in [1.82, 2.24) is 5.32 Å². The zero-order chi connectivity index (χ0) is 19.2. The van der Waals surface area contributed by atoms with Gasteiger partial charge in [-0.1, -0.05) is 35.9 Å². The number of nitrogens with one attached hydrogen (secondary N) is 1. The number of amides is 2. The molecule has 0 aromatic heterocycles. The van der Waals surface area contributed by atoms with E-state index in [0.29, 0.717) is 12.1 Å². The van der Waals surface area contributed by atoms with Crippen molar-refractivity contribution in [3.63, 3.8) is 0 Å². The SMILES string of the molecule is Cc1ccc(C(=O)OCCNC(=O)[C@@H]2CC(=O)N(c3ccccc3)C2)cc1. The highest BCUT2D eigenvalue weighted by molar-refractivity contribution is 6.00. The number of carbonyl (C=O) groups excluding carboxylic acids is 3. The van der Waals surface area contributed by atoms with Crippen LogP contribution in [-0.4, -0.2) is 37.5 Å². The van der Waals surface area contributed by atoms with Crippen LogP contribution in [0.1, 0.15) is 22.3 Å². The fourth-order valence-corrected chi connectivity index (χ4v) is 2.98. The molecular weight excluding hydrogens is 344 g/mol. The molecule has 27 heavy (non-hydrogen) atoms. The monoisotopic (exact) mass is 366 g/mol. The number of esters is 1. The fraction of sp³-hybridized carbons (Fsp3) is 0.286. The number of benzene rings is 2. The molecule has 2 amide bonds. The van der Waals surface area contributed by atoms with Gasteiger partial charge in [-0.05, 0) is 31.2 Å². The minimum Gasteiger partial charge on any atom is -0.460 e. The fourth-order valence-electron chi connectivity index (χ4n) is 2.98. The van der Waals surface area contributed by atoms with Crippen molar-refractivity contribution in [3.8, 4) is 0 Å². The van der Waals surface area contributed by atoms with Crippen LogP contribution in [0.25, 0.3) is 0 Å². The third-order valence-electron chi connectivity index (χ3n) is 4.49. The Balaban J connectivity index is 1.43. The number of hydrogen-bond donors (Lipinski definition) is 1. The van der Waals surface area contributed by atoms with E-state index in [9.17, 15) is 14.4 Å². The Hall–Kier alpha value is -3.15. The summed E-state index contributed by atoms with van der Waals surface area (Å²) >= 11 is 0. The Morgan fingerprint density at radius 1 is 1.11 bits per heavy atom. The normalized spacial score (nSPS) is 16.3. The highest BCUT2D eigenvalue weighted by Crippen LogP contribution is 2.24. The predicted octanol–water partition coefficient (Wildman–Crippen LogP) is 2.32. The Kier molecular flexibility index (Phi) is 5.86. The van der Waals surface area contributed by atoms with Gasteiger partial charge in [-0.25, -0.2) is 4.79 Å². The molecule has 2 aromatic carbocycles. The van der Waals surface area contributed by atoms with Crippen LogP contribution in [0.2, 0.25) is 0 Å². The summed E-state index contributed by atoms with van der Waals surface area (Å²) in [5.41, 5.74) is 2.34. The minimum atomic E-state index is -0.421. The summed E-state index contributed by atoms with van der Waals surface area (Å²) < 4.78 is 5.16. The molecule has 1 fully saturated rings. The molecule has 6 nitrogen and oxygen atoms in total. The highest BCUT2D eigenvalue weighted by atomic mass is 16.5. The lowest BCUT2D eigenvalue weighted by Gasteiger charge is -2.16. The Labute approximate surface area is 158 Å². The number of hydrogen-bond acceptors (Lipinski definition) is 4. The molecule has 1 N–H and O–H groups in total. The summed E-state index contributed by atoms with van der Waals surface area (Å²) in [6, 6.07) is 16.4. The molecule has 0 radical (unpaired) electrons. The Morgan fingerprint density at radius 2 is 1.81 bits per heavy atom. The van der Waals surface area contributed by atoms with Gasteiger partial charge < -0.3 is 15.0 Å². The molecule has 0 aliphatic carbocycles. The summed E-state index contributed by atoms with van der Waals surface area (Å²) in [6.45, 7) is 2.60. The van der Waals surface area contributed by atoms with Gasteiger partial charge in [0, 0.05) is 18.7 Å². The summed E-state index contributed by atoms with van der Waals surface area (Å²) in [5.74, 6) is -1.08. The molecule has 1 aliphatic rings. The van der Waals surface area contributed by atoms with Gasteiger partial charge in [-0.3, -0.25) is 9.59 Å². The van der Waals surface area contributed by atoms with E-state index < -0.39 is 11.9 Å². The number of aryl methyl sites for hydroxylation is 1. The molecule has 1 saturated heterocycles. The smallest absolute Gasteiger partial charge is 0.338 e. The largest absolute Gasteiger partial charge is 0.460 e. The molecule has 140 valence electrons. The summed E-state index contributed by atoms with van der Waals surface area (Å²) in [6.07, 6.45) is 0.184. The maximum Gasteiger partial charge on any atom is 0.338 e. The standard InChI is InChI=1S/C21H22N2O4/c1-15-7-9-16(10-8-15)21(26)27-12-11-22-20(25)17-13-19(24)23(14-17)18-5-3-2-4-6-18/h2-10,17H,11-14H2,1H3,(H,22,25)/t17-/m1/s1. The van der Waals surface area contributed by atoms with E-state index in [2.05, 4.69) is 5.32 Å². The van der Waals surface area contributed by atoms with E-state index in [0.717, 1.165) is 11.3 Å². The third-order valence-corrected chi connectivity index (χ3v) is 4.49. The average Bonchev–Trinajstić information content (AvgIpc) is 3.08. The van der Waals surface area contributed by atoms with Gasteiger partial charge in [-0.15, -0.1) is 0 Å². The zero-order valence-corrected chi connectivity index (χ0v) is 15.2. The molecule has 1 heterocycles. The predicted molar refractivity (Wildman–Crippen MR) is 101 cm³/mol. The first-order chi connectivity index (χ1) is 13.0. The third kappa shape index (κ3) is 4.73. The van der Waals surface area contributed by atoms with Gasteiger partial charge in [0.05, 0.1) is 18.0 Å². The van der Waals surface area contributed by atoms with E-state index in [1.807, 2.05) is 49.4 Å². The number of nitrogens with zero attached hydrogens (tertiary/aromatic N) is 1. The van der Waals surface area contributed by atoms with Crippen LogP contribution in [0.5, 0.6) is 0 Å². The van der Waals surface area contributed by atoms with E-state index in [4.69, 9.17) is 4.74 Å². The molecule has 1 aliphatic heterocycles. The number of ether oxygens (including phenoxy) is 1. The van der Waals surface area contributed by atoms with Crippen molar-refractivity contribution in [2.45, 2.75) is 13.3 Å². The van der Waals surface area contributed by atoms with Crippen LogP contribution < -0.4 is 10.2 Å². The molecule has 6 heteroatoms. The molecule has 0 bridgehead atoms. The second-order valence-corrected chi connectivity index (χ2v) is 6.53. The summed E-state index contributed by atoms with van der Waals surface area (Å²) in [4.78, 5) is 38.0. The van der Waals surface area contributed by atoms with Crippen molar-refractivity contribution in [3.05, 3.63) is 65.7 Å². The second-order valence-electron chi connectivity index (χ2n) is 6.53. The van der Waals surface area contributed by atoms with Gasteiger partial charge in [-0.2, -0.15) is 0 Å². The van der Waals surface area contributed by atoms with Crippen molar-refractivity contribution in [1.29, 1.82) is 0 Å². The molecule has 0 saturated carbocycles. The van der Waals surface area contributed by atoms with Gasteiger partial charge >= 0.3 is 5.97 Å². The van der Waals surface area contributed by atoms with Crippen LogP contribution in [0.3, 0.4) is 0 Å². The lowest BCUT2D eigenvalue weighted by atomic mass is 10.1. The second kappa shape index (κ2) is 8.49. The number of anilines is 1. The first-order valence-electron chi connectivity index (χ1n) is 8.91. The molecule has 3 rings (SSSR count). The van der Waals surface area contributed by atoms with Gasteiger partial charge in [0.15, 0.2) is 0 Å². The summed E-state index contributed by atoms with van der Waals surface area (Å²) in [5, 5.41) is 2.74. The number of rotatable bonds is 6. The molecule has 0 spiro atoms. The van der Waals surface area contributed by atoms with E-state index >= 15 is 0 Å². The van der Waals surface area contributed by atoms with Crippen molar-refractivity contribution < 1.29 is 19.1 Å². The topological polar surface area (TPSA) is 75.7 Å². The van der Waals surface area contributed by atoms with Crippen LogP contribution >= 0.6 is 0 Å². The van der Waals surface area contributed by atoms with Gasteiger partial charge in [0.2, 0.25) is 11.8 Å². The van der Waals surface area contributed by atoms with E-state index in [1.165, 1.54) is 0 Å². The lowest BCUT2D eigenvalue weighted by molar-refractivity contribution is -0.126. The molecule has 2 aromatic rings. The minimum absolute atomic E-state index is 0.0628. The molecule has 0 unspecified atom stereocenters. The Bertz CT molecular complexity index is 818. The molecule has 1 atom stereocenters. The Morgan fingerprint density at radius 3 is 2.52 bits per heavy atom. The van der Waals surface area contributed by atoms with Crippen LogP contribution in [-0.2, 0) is 14.3 Å². The van der Waals surface area contributed by atoms with Crippen LogP contribution in [0, 0.1) is 12.8 Å². The van der Waals surface area contributed by atoms with Crippen molar-refractivity contribution in [2.75, 3.05) is 24.6 Å². The summed E-state index contributed by atoms with van der Waals surface area (Å²) in [7, 11) is 0. The maximum atomic E-state index is 12.3. The van der Waals surface area contributed by atoms with Crippen molar-refractivity contribution in [2.24, 2.45) is 5.92 Å². The highest BCUT2D eigenvalue weighted by Gasteiger charge is 2.34. The van der Waals surface area contributed by atoms with Gasteiger partial charge in [0.1, 0.15) is 6.61 Å². The van der Waals surface area contributed by atoms with Crippen LogP contribution in [0.15, 0.2) is 54.6 Å². The van der Waals surface area contributed by atoms with Crippen LogP contribution in [0.4, 0.5) is 5.69 Å². The number of carbonyl (C=O) groups is 3. The van der Waals surface area contributed by atoms with Gasteiger partial charge in [0.25, 0.3) is 0 Å². The zero-order valence-electron chi connectivity index (χ0n) is 15.2. The first-order valence-corrected chi connectivity index (χ1v) is 8.91. The maximum absolute atomic E-state index is 12.3. The molecular formula is C21H22N2O4. The van der Waals surface area contributed by atoms with Crippen molar-refractivity contribution >= 4 is 23.5 Å².